The van der Waals surface area contributed by atoms with Crippen molar-refractivity contribution in [2.24, 2.45) is 0 Å². The van der Waals surface area contributed by atoms with Gasteiger partial charge < -0.3 is 0 Å². The minimum Gasteiger partial charge on any atom is -0.207 e. The normalized spacial score (nSPS) is 25.3. The van der Waals surface area contributed by atoms with Crippen molar-refractivity contribution in [3.8, 4) is 0 Å². The molecule has 0 bridgehead atoms. The van der Waals surface area contributed by atoms with E-state index in [0.29, 0.717) is 5.92 Å². The first-order chi connectivity index (χ1) is 7.53. The lowest BCUT2D eigenvalue weighted by Gasteiger charge is -2.25. The molecule has 1 aliphatic rings. The Morgan fingerprint density at radius 2 is 2.12 bits per heavy atom. The van der Waals surface area contributed by atoms with E-state index >= 15 is 0 Å². The highest BCUT2D eigenvalue weighted by Gasteiger charge is 2.33. The lowest BCUT2D eigenvalue weighted by atomic mass is 9.91. The van der Waals surface area contributed by atoms with Crippen LogP contribution in [0.1, 0.15) is 50.7 Å². The minimum atomic E-state index is -0.0405. The van der Waals surface area contributed by atoms with Crippen LogP contribution in [0.25, 0.3) is 0 Å². The first-order valence-electron chi connectivity index (χ1n) is 5.97. The van der Waals surface area contributed by atoms with Crippen LogP contribution < -0.4 is 0 Å². The summed E-state index contributed by atoms with van der Waals surface area (Å²) in [6.07, 6.45) is 2.29. The predicted octanol–water partition coefficient (Wildman–Crippen LogP) is 4.69. The van der Waals surface area contributed by atoms with Crippen LogP contribution in [0.4, 0.5) is 4.39 Å². The summed E-state index contributed by atoms with van der Waals surface area (Å²) in [6, 6.07) is 5.61. The molecule has 1 fully saturated rings. The smallest absolute Gasteiger partial charge is 0.127 e. The van der Waals surface area contributed by atoms with E-state index in [1.54, 1.807) is 6.07 Å². The molecule has 0 N–H and O–H groups in total. The van der Waals surface area contributed by atoms with Crippen molar-refractivity contribution in [2.75, 3.05) is 5.75 Å². The lowest BCUT2D eigenvalue weighted by molar-refractivity contribution is 0.557. The first-order valence-corrected chi connectivity index (χ1v) is 6.95. The van der Waals surface area contributed by atoms with Crippen molar-refractivity contribution >= 4 is 11.8 Å². The van der Waals surface area contributed by atoms with Crippen molar-refractivity contribution in [3.63, 3.8) is 0 Å². The van der Waals surface area contributed by atoms with Gasteiger partial charge in [-0.1, -0.05) is 26.0 Å². The fourth-order valence-electron chi connectivity index (χ4n) is 2.30. The second-order valence-corrected chi connectivity index (χ2v) is 6.67. The van der Waals surface area contributed by atoms with E-state index in [9.17, 15) is 4.39 Å². The maximum absolute atomic E-state index is 13.9. The topological polar surface area (TPSA) is 0 Å². The van der Waals surface area contributed by atoms with Crippen LogP contribution >= 0.6 is 11.8 Å². The van der Waals surface area contributed by atoms with Crippen LogP contribution in [0.5, 0.6) is 0 Å². The maximum Gasteiger partial charge on any atom is 0.127 e. The van der Waals surface area contributed by atoms with Gasteiger partial charge in [0.05, 0.1) is 0 Å². The molecule has 88 valence electrons. The zero-order valence-electron chi connectivity index (χ0n) is 10.2. The average molecular weight is 238 g/mol. The molecule has 0 spiro atoms. The highest BCUT2D eigenvalue weighted by atomic mass is 32.2. The Bertz CT molecular complexity index is 378. The SMILES string of the molecule is CC(C)c1ccc(F)c(C2(C)CCCS2)c1. The maximum atomic E-state index is 13.9. The highest BCUT2D eigenvalue weighted by Crippen LogP contribution is 2.47. The number of thioether (sulfide) groups is 1. The monoisotopic (exact) mass is 238 g/mol. The zero-order valence-corrected chi connectivity index (χ0v) is 11.0. The highest BCUT2D eigenvalue weighted by molar-refractivity contribution is 8.00. The van der Waals surface area contributed by atoms with Crippen LogP contribution in [0, 0.1) is 5.82 Å². The molecule has 1 aromatic carbocycles. The van der Waals surface area contributed by atoms with Gasteiger partial charge in [-0.25, -0.2) is 4.39 Å². The van der Waals surface area contributed by atoms with E-state index in [1.807, 2.05) is 17.8 Å². The molecule has 0 saturated carbocycles. The molecule has 1 unspecified atom stereocenters. The second kappa shape index (κ2) is 4.40. The Kier molecular flexibility index (Phi) is 3.29. The summed E-state index contributed by atoms with van der Waals surface area (Å²) in [7, 11) is 0. The first kappa shape index (κ1) is 12.0. The molecule has 0 aliphatic carbocycles. The molecule has 0 amide bonds. The van der Waals surface area contributed by atoms with Crippen LogP contribution in [0.2, 0.25) is 0 Å². The molecule has 16 heavy (non-hydrogen) atoms. The summed E-state index contributed by atoms with van der Waals surface area (Å²) in [5.74, 6) is 1.58. The van der Waals surface area contributed by atoms with Crippen molar-refractivity contribution < 1.29 is 4.39 Å². The average Bonchev–Trinajstić information content (AvgIpc) is 2.66. The largest absolute Gasteiger partial charge is 0.207 e. The Morgan fingerprint density at radius 3 is 2.69 bits per heavy atom. The summed E-state index contributed by atoms with van der Waals surface area (Å²) in [5, 5.41) is 0. The molecule has 0 radical (unpaired) electrons. The summed E-state index contributed by atoms with van der Waals surface area (Å²) in [6.45, 7) is 6.48. The Morgan fingerprint density at radius 1 is 1.38 bits per heavy atom. The van der Waals surface area contributed by atoms with Gasteiger partial charge in [-0.3, -0.25) is 0 Å². The molecule has 0 nitrogen and oxygen atoms in total. The van der Waals surface area contributed by atoms with Gasteiger partial charge in [0.1, 0.15) is 5.82 Å². The van der Waals surface area contributed by atoms with Gasteiger partial charge in [0.2, 0.25) is 0 Å². The summed E-state index contributed by atoms with van der Waals surface area (Å²) < 4.78 is 13.9. The summed E-state index contributed by atoms with van der Waals surface area (Å²) >= 11 is 1.89. The minimum absolute atomic E-state index is 0.00498. The van der Waals surface area contributed by atoms with Crippen molar-refractivity contribution in [1.82, 2.24) is 0 Å². The molecular weight excluding hydrogens is 219 g/mol. The molecule has 1 atom stereocenters. The van der Waals surface area contributed by atoms with E-state index in [1.165, 1.54) is 12.0 Å². The van der Waals surface area contributed by atoms with Gasteiger partial charge >= 0.3 is 0 Å². The number of hydrogen-bond acceptors (Lipinski definition) is 1. The fourth-order valence-corrected chi connectivity index (χ4v) is 3.64. The third-order valence-electron chi connectivity index (χ3n) is 3.45. The van der Waals surface area contributed by atoms with Gasteiger partial charge in [0.25, 0.3) is 0 Å². The molecule has 1 heterocycles. The van der Waals surface area contributed by atoms with Gasteiger partial charge in [0.15, 0.2) is 0 Å². The van der Waals surface area contributed by atoms with Crippen LogP contribution in [0.15, 0.2) is 18.2 Å². The van der Waals surface area contributed by atoms with E-state index in [-0.39, 0.29) is 10.6 Å². The van der Waals surface area contributed by atoms with E-state index < -0.39 is 0 Å². The van der Waals surface area contributed by atoms with Crippen LogP contribution in [0.3, 0.4) is 0 Å². The fraction of sp³-hybridized carbons (Fsp3) is 0.571. The van der Waals surface area contributed by atoms with Crippen LogP contribution in [-0.2, 0) is 4.75 Å². The summed E-state index contributed by atoms with van der Waals surface area (Å²) in [4.78, 5) is 0. The second-order valence-electron chi connectivity index (χ2n) is 5.08. The zero-order chi connectivity index (χ0) is 11.8. The Balaban J connectivity index is 2.42. The van der Waals surface area contributed by atoms with Gasteiger partial charge in [0, 0.05) is 10.3 Å². The number of hydrogen-bond donors (Lipinski definition) is 0. The molecule has 2 rings (SSSR count). The van der Waals surface area contributed by atoms with E-state index in [0.717, 1.165) is 17.7 Å². The molecular formula is C14H19FS. The molecule has 1 aromatic rings. The molecule has 2 heteroatoms. The van der Waals surface area contributed by atoms with Gasteiger partial charge in [-0.05, 0) is 43.1 Å². The Hall–Kier alpha value is -0.500. The number of benzene rings is 1. The Labute approximate surface area is 102 Å². The lowest BCUT2D eigenvalue weighted by Crippen LogP contribution is -2.15. The quantitative estimate of drug-likeness (QED) is 0.720. The standard InChI is InChI=1S/C14H19FS/c1-10(2)11-5-6-13(15)12(9-11)14(3)7-4-8-16-14/h5-6,9-10H,4,7-8H2,1-3H3. The van der Waals surface area contributed by atoms with E-state index in [4.69, 9.17) is 0 Å². The number of rotatable bonds is 2. The van der Waals surface area contributed by atoms with Crippen LogP contribution in [-0.4, -0.2) is 5.75 Å². The van der Waals surface area contributed by atoms with Gasteiger partial charge in [-0.15, -0.1) is 0 Å². The third-order valence-corrected chi connectivity index (χ3v) is 5.00. The van der Waals surface area contributed by atoms with E-state index in [2.05, 4.69) is 26.8 Å². The molecule has 1 aliphatic heterocycles. The third kappa shape index (κ3) is 2.13. The number of halogens is 1. The van der Waals surface area contributed by atoms with Crippen molar-refractivity contribution in [2.45, 2.75) is 44.3 Å². The van der Waals surface area contributed by atoms with Gasteiger partial charge in [-0.2, -0.15) is 11.8 Å². The molecule has 0 aromatic heterocycles. The summed E-state index contributed by atoms with van der Waals surface area (Å²) in [5.41, 5.74) is 2.14. The molecule has 1 saturated heterocycles. The predicted molar refractivity (Wildman–Crippen MR) is 69.5 cm³/mol. The van der Waals surface area contributed by atoms with Crippen molar-refractivity contribution in [3.05, 3.63) is 35.1 Å². The van der Waals surface area contributed by atoms with Crippen molar-refractivity contribution in [1.29, 1.82) is 0 Å².